The molecule has 21 N–H and O–H groups in total. The van der Waals surface area contributed by atoms with Crippen molar-refractivity contribution < 1.29 is 57.8 Å². The molecule has 28 nitrogen and oxygen atoms in total. The first kappa shape index (κ1) is 84.3. The Bertz CT molecular complexity index is 2270. The van der Waals surface area contributed by atoms with Crippen LogP contribution in [0.2, 0.25) is 0 Å². The standard InChI is InChI=1S/C63H120N16O12/c1-13-15-16-17-18-19-28-50(81)69-30-23-21-26-44(57(86)79-53(42(12)80)62(91)77-49(35-40(9)10)60(89)75-46(54(66)83)32-37(3)4)74-61(90)52(41(11)14-2)78-56(85)45(27-24-31-70-63(67)68)72-55(84)43(25-20-22-29-64)73-59(88)48(34-39(7)8)76-58(87)47(33-38(5)6)71-51(82)36-65/h37-49,52-53,80H,13-36,64-65H2,1-12H3,(H2,66,83)(H,69,81)(H,71,82)(H,72,84)(H,73,88)(H,74,90)(H,75,89)(H,76,87)(H,77,91)(H,78,85)(H,79,86)(H4,67,68,70)/t41-,42+,43+,44+,45-,46-,47-,48-,49-,52-,53-/m0/s1. The van der Waals surface area contributed by atoms with E-state index in [1.165, 1.54) is 6.92 Å². The fourth-order valence-electron chi connectivity index (χ4n) is 9.97. The Hall–Kier alpha value is -6.68. The van der Waals surface area contributed by atoms with Crippen LogP contribution in [0, 0.1) is 29.6 Å². The van der Waals surface area contributed by atoms with Gasteiger partial charge < -0.3 is 86.9 Å². The van der Waals surface area contributed by atoms with Gasteiger partial charge in [-0.2, -0.15) is 0 Å². The molecule has 0 unspecified atom stereocenters. The van der Waals surface area contributed by atoms with Crippen molar-refractivity contribution in [2.24, 2.45) is 63.3 Å². The molecule has 0 aliphatic heterocycles. The number of carbonyl (C=O) groups is 11. The Kier molecular flexibility index (Phi) is 43.8. The van der Waals surface area contributed by atoms with Crippen LogP contribution in [0.25, 0.3) is 0 Å². The van der Waals surface area contributed by atoms with Gasteiger partial charge in [0.05, 0.1) is 12.6 Å². The number of nitrogens with zero attached hydrogens (tertiary/aromatic N) is 1. The average molecular weight is 1290 g/mol. The molecule has 91 heavy (non-hydrogen) atoms. The molecule has 0 aromatic heterocycles. The summed E-state index contributed by atoms with van der Waals surface area (Å²) < 4.78 is 0. The number of rotatable bonds is 50. The number of unbranched alkanes of at least 4 members (excludes halogenated alkanes) is 7. The van der Waals surface area contributed by atoms with Crippen molar-refractivity contribution >= 4 is 70.9 Å². The second kappa shape index (κ2) is 47.2. The maximum absolute atomic E-state index is 14.8. The summed E-state index contributed by atoms with van der Waals surface area (Å²) in [5.74, 6) is -8.88. The monoisotopic (exact) mass is 1290 g/mol. The van der Waals surface area contributed by atoms with E-state index in [0.717, 1.165) is 38.5 Å². The van der Waals surface area contributed by atoms with Crippen molar-refractivity contribution in [2.75, 3.05) is 26.2 Å². The lowest BCUT2D eigenvalue weighted by molar-refractivity contribution is -0.137. The maximum Gasteiger partial charge on any atom is 0.245 e. The van der Waals surface area contributed by atoms with E-state index in [-0.39, 0.29) is 120 Å². The van der Waals surface area contributed by atoms with Crippen LogP contribution in [0.1, 0.15) is 212 Å². The van der Waals surface area contributed by atoms with Crippen molar-refractivity contribution in [1.82, 2.24) is 53.2 Å². The predicted octanol–water partition coefficient (Wildman–Crippen LogP) is 0.625. The zero-order valence-electron chi connectivity index (χ0n) is 56.9. The highest BCUT2D eigenvalue weighted by atomic mass is 16.3. The fraction of sp³-hybridized carbons (Fsp3) is 0.810. The van der Waals surface area contributed by atoms with Crippen LogP contribution < -0.4 is 81.8 Å². The smallest absolute Gasteiger partial charge is 0.245 e. The molecule has 0 radical (unpaired) electrons. The summed E-state index contributed by atoms with van der Waals surface area (Å²) in [6.45, 7) is 21.8. The van der Waals surface area contributed by atoms with Gasteiger partial charge in [0, 0.05) is 19.5 Å². The molecule has 0 saturated heterocycles. The quantitative estimate of drug-likeness (QED) is 0.0226. The van der Waals surface area contributed by atoms with E-state index in [2.05, 4.69) is 65.1 Å². The fourth-order valence-corrected chi connectivity index (χ4v) is 9.97. The zero-order chi connectivity index (χ0) is 69.3. The summed E-state index contributed by atoms with van der Waals surface area (Å²) in [6.07, 6.45) is 7.50. The average Bonchev–Trinajstić information content (AvgIpc) is 2.07. The van der Waals surface area contributed by atoms with Gasteiger partial charge in [-0.3, -0.25) is 57.7 Å². The van der Waals surface area contributed by atoms with E-state index in [4.69, 9.17) is 28.7 Å². The highest BCUT2D eigenvalue weighted by Gasteiger charge is 2.38. The number of aliphatic hydroxyl groups is 1. The van der Waals surface area contributed by atoms with Gasteiger partial charge >= 0.3 is 0 Å². The molecule has 0 spiro atoms. The number of nitrogens with two attached hydrogens (primary N) is 5. The molecule has 11 atom stereocenters. The van der Waals surface area contributed by atoms with Crippen LogP contribution in [0.4, 0.5) is 0 Å². The Balaban J connectivity index is 7.28. The Morgan fingerprint density at radius 2 is 0.791 bits per heavy atom. The van der Waals surface area contributed by atoms with E-state index in [1.807, 2.05) is 55.4 Å². The van der Waals surface area contributed by atoms with E-state index < -0.39 is 125 Å². The molecule has 0 bridgehead atoms. The van der Waals surface area contributed by atoms with Gasteiger partial charge in [0.2, 0.25) is 65.0 Å². The van der Waals surface area contributed by atoms with Crippen LogP contribution >= 0.6 is 0 Å². The lowest BCUT2D eigenvalue weighted by atomic mass is 9.96. The van der Waals surface area contributed by atoms with Crippen molar-refractivity contribution in [3.63, 3.8) is 0 Å². The number of hydrogen-bond acceptors (Lipinski definition) is 15. The summed E-state index contributed by atoms with van der Waals surface area (Å²) in [5, 5.41) is 38.2. The molecule has 0 heterocycles. The van der Waals surface area contributed by atoms with Gasteiger partial charge in [-0.15, -0.1) is 0 Å². The Morgan fingerprint density at radius 1 is 0.407 bits per heavy atom. The number of hydrogen-bond donors (Lipinski definition) is 16. The molecule has 0 rings (SSSR count). The number of amides is 11. The summed E-state index contributed by atoms with van der Waals surface area (Å²) >= 11 is 0. The van der Waals surface area contributed by atoms with Crippen molar-refractivity contribution in [1.29, 1.82) is 0 Å². The lowest BCUT2D eigenvalue weighted by Crippen LogP contribution is -2.62. The molecular weight excluding hydrogens is 1170 g/mol. The minimum atomic E-state index is -1.67. The van der Waals surface area contributed by atoms with Crippen LogP contribution in [0.3, 0.4) is 0 Å². The van der Waals surface area contributed by atoms with Crippen LogP contribution in [0.5, 0.6) is 0 Å². The zero-order valence-corrected chi connectivity index (χ0v) is 56.9. The topological polar surface area (TPSA) is 471 Å². The van der Waals surface area contributed by atoms with E-state index in [0.29, 0.717) is 32.1 Å². The first-order valence-corrected chi connectivity index (χ1v) is 33.2. The van der Waals surface area contributed by atoms with Gasteiger partial charge in [0.1, 0.15) is 54.4 Å². The SMILES string of the molecule is CCCCCCCCC(=O)NCCCC[C@@H](NC(=O)[C@@H](NC(=O)[C@H](CCCN=C(N)N)NC(=O)[C@@H](CCCCN)NC(=O)[C@H](CC(C)C)NC(=O)[C@H](CC(C)C)NC(=O)CN)[C@@H](C)CC)C(=O)N[C@H](C(=O)N[C@@H](CC(C)C)C(=O)N[C@@H](CC(C)C)C(N)=O)[C@@H](C)O. The van der Waals surface area contributed by atoms with Gasteiger partial charge in [0.15, 0.2) is 5.96 Å². The van der Waals surface area contributed by atoms with E-state index in [1.54, 1.807) is 13.8 Å². The summed E-state index contributed by atoms with van der Waals surface area (Å²) in [4.78, 5) is 156. The molecule has 0 aliphatic rings. The van der Waals surface area contributed by atoms with E-state index in [9.17, 15) is 57.8 Å². The number of carbonyl (C=O) groups excluding carboxylic acids is 11. The van der Waals surface area contributed by atoms with Crippen molar-refractivity contribution in [3.05, 3.63) is 0 Å². The molecule has 524 valence electrons. The van der Waals surface area contributed by atoms with E-state index >= 15 is 0 Å². The highest BCUT2D eigenvalue weighted by Crippen LogP contribution is 2.16. The largest absolute Gasteiger partial charge is 0.391 e. The molecule has 0 aromatic rings. The Morgan fingerprint density at radius 3 is 1.24 bits per heavy atom. The Labute approximate surface area is 541 Å². The van der Waals surface area contributed by atoms with Crippen LogP contribution in [-0.4, -0.2) is 163 Å². The summed E-state index contributed by atoms with van der Waals surface area (Å²) in [5.41, 5.74) is 28.2. The van der Waals surface area contributed by atoms with Crippen LogP contribution in [0.15, 0.2) is 4.99 Å². The highest BCUT2D eigenvalue weighted by molar-refractivity contribution is 5.98. The van der Waals surface area contributed by atoms with Crippen molar-refractivity contribution in [2.45, 2.75) is 272 Å². The molecule has 28 heteroatoms. The summed E-state index contributed by atoms with van der Waals surface area (Å²) in [6, 6.07) is -11.5. The van der Waals surface area contributed by atoms with Gasteiger partial charge in [-0.05, 0) is 127 Å². The number of guanidine groups is 1. The third kappa shape index (κ3) is 37.4. The number of aliphatic imine (C=N–C) groups is 1. The van der Waals surface area contributed by atoms with Gasteiger partial charge in [0.25, 0.3) is 0 Å². The normalized spacial score (nSPS) is 15.0. The summed E-state index contributed by atoms with van der Waals surface area (Å²) in [7, 11) is 0. The minimum Gasteiger partial charge on any atom is -0.391 e. The second-order valence-electron chi connectivity index (χ2n) is 25.8. The van der Waals surface area contributed by atoms with Crippen molar-refractivity contribution in [3.8, 4) is 0 Å². The van der Waals surface area contributed by atoms with Gasteiger partial charge in [-0.25, -0.2) is 0 Å². The molecule has 0 aliphatic carbocycles. The first-order chi connectivity index (χ1) is 42.8. The predicted molar refractivity (Wildman–Crippen MR) is 352 cm³/mol. The molecule has 0 fully saturated rings. The minimum absolute atomic E-state index is 0.0202. The molecular formula is C63H120N16O12. The third-order valence-corrected chi connectivity index (χ3v) is 15.2. The molecule has 11 amide bonds. The first-order valence-electron chi connectivity index (χ1n) is 33.2. The van der Waals surface area contributed by atoms with Crippen LogP contribution in [-0.2, 0) is 52.7 Å². The van der Waals surface area contributed by atoms with Gasteiger partial charge in [-0.1, -0.05) is 115 Å². The number of nitrogens with one attached hydrogen (secondary N) is 10. The molecule has 0 aromatic carbocycles. The maximum atomic E-state index is 14.8. The number of aliphatic hydroxyl groups excluding tert-OH is 1. The third-order valence-electron chi connectivity index (χ3n) is 15.2. The lowest BCUT2D eigenvalue weighted by Gasteiger charge is -2.30. The molecule has 0 saturated carbocycles. The number of primary amides is 1. The second-order valence-corrected chi connectivity index (χ2v) is 25.8.